The zero-order valence-electron chi connectivity index (χ0n) is 11.2. The molecular formula is C15H22NO2. The highest BCUT2D eigenvalue weighted by Crippen LogP contribution is 2.41. The fourth-order valence-electron chi connectivity index (χ4n) is 2.80. The molecule has 0 saturated heterocycles. The fraction of sp³-hybridized carbons (Fsp3) is 0.533. The highest BCUT2D eigenvalue weighted by atomic mass is 16.5. The zero-order valence-corrected chi connectivity index (χ0v) is 11.2. The van der Waals surface area contributed by atoms with E-state index in [9.17, 15) is 0 Å². The number of hydrogen-bond donors (Lipinski definition) is 1. The average molecular weight is 248 g/mol. The molecule has 1 unspecified atom stereocenters. The standard InChI is InChI=1S/C15H22NO2/c1-17-13-7-6-12(10-14(13)18-2)15(11-16)8-4-3-5-9-15/h4,6-7,10H,3,5,8-9,11,16H2,1-2H3. The summed E-state index contributed by atoms with van der Waals surface area (Å²) in [7, 11) is 3.33. The molecule has 1 radical (unpaired) electrons. The van der Waals surface area contributed by atoms with Gasteiger partial charge in [0.2, 0.25) is 0 Å². The van der Waals surface area contributed by atoms with E-state index < -0.39 is 0 Å². The lowest BCUT2D eigenvalue weighted by Crippen LogP contribution is -2.37. The van der Waals surface area contributed by atoms with Crippen LogP contribution in [0, 0.1) is 6.42 Å². The summed E-state index contributed by atoms with van der Waals surface area (Å²) < 4.78 is 10.7. The van der Waals surface area contributed by atoms with Crippen LogP contribution < -0.4 is 15.2 Å². The highest BCUT2D eigenvalue weighted by molar-refractivity contribution is 5.45. The molecule has 18 heavy (non-hydrogen) atoms. The van der Waals surface area contributed by atoms with E-state index in [1.165, 1.54) is 18.4 Å². The molecule has 2 rings (SSSR count). The van der Waals surface area contributed by atoms with E-state index in [2.05, 4.69) is 18.6 Å². The molecule has 3 nitrogen and oxygen atoms in total. The first kappa shape index (κ1) is 13.2. The van der Waals surface area contributed by atoms with Crippen molar-refractivity contribution < 1.29 is 9.47 Å². The van der Waals surface area contributed by atoms with Crippen molar-refractivity contribution in [2.45, 2.75) is 31.1 Å². The summed E-state index contributed by atoms with van der Waals surface area (Å²) in [5.74, 6) is 1.56. The molecule has 0 bridgehead atoms. The van der Waals surface area contributed by atoms with Crippen LogP contribution in [0.2, 0.25) is 0 Å². The van der Waals surface area contributed by atoms with Gasteiger partial charge in [-0.2, -0.15) is 0 Å². The van der Waals surface area contributed by atoms with Crippen molar-refractivity contribution >= 4 is 0 Å². The SMILES string of the molecule is COc1ccc(C2(CN)C[CH]CCC2)cc1OC. The molecule has 0 aliphatic heterocycles. The smallest absolute Gasteiger partial charge is 0.161 e. The van der Waals surface area contributed by atoms with Crippen molar-refractivity contribution in [2.75, 3.05) is 20.8 Å². The van der Waals surface area contributed by atoms with Gasteiger partial charge in [-0.25, -0.2) is 0 Å². The second kappa shape index (κ2) is 5.61. The lowest BCUT2D eigenvalue weighted by atomic mass is 9.69. The Hall–Kier alpha value is -1.22. The average Bonchev–Trinajstić information content (AvgIpc) is 2.47. The largest absolute Gasteiger partial charge is 0.493 e. The molecule has 3 heteroatoms. The van der Waals surface area contributed by atoms with Gasteiger partial charge in [-0.05, 0) is 37.0 Å². The predicted molar refractivity (Wildman–Crippen MR) is 73.0 cm³/mol. The molecule has 0 spiro atoms. The fourth-order valence-corrected chi connectivity index (χ4v) is 2.80. The lowest BCUT2D eigenvalue weighted by molar-refractivity contribution is 0.335. The Kier molecular flexibility index (Phi) is 4.12. The number of benzene rings is 1. The van der Waals surface area contributed by atoms with E-state index in [-0.39, 0.29) is 5.41 Å². The number of nitrogens with two attached hydrogens (primary N) is 1. The number of ether oxygens (including phenoxy) is 2. The van der Waals surface area contributed by atoms with Crippen LogP contribution in [0.15, 0.2) is 18.2 Å². The third-order valence-electron chi connectivity index (χ3n) is 3.99. The summed E-state index contributed by atoms with van der Waals surface area (Å²) in [6.07, 6.45) is 6.97. The maximum absolute atomic E-state index is 6.04. The molecule has 1 aromatic rings. The molecule has 1 saturated carbocycles. The van der Waals surface area contributed by atoms with Crippen LogP contribution in [0.1, 0.15) is 31.2 Å². The van der Waals surface area contributed by atoms with Crippen LogP contribution >= 0.6 is 0 Å². The highest BCUT2D eigenvalue weighted by Gasteiger charge is 2.33. The van der Waals surface area contributed by atoms with Gasteiger partial charge in [0.15, 0.2) is 11.5 Å². The van der Waals surface area contributed by atoms with Gasteiger partial charge in [0.25, 0.3) is 0 Å². The quantitative estimate of drug-likeness (QED) is 0.891. The Balaban J connectivity index is 2.36. The van der Waals surface area contributed by atoms with Crippen molar-refractivity contribution in [3.05, 3.63) is 30.2 Å². The molecule has 1 fully saturated rings. The van der Waals surface area contributed by atoms with E-state index >= 15 is 0 Å². The molecule has 0 aromatic heterocycles. The first-order valence-electron chi connectivity index (χ1n) is 6.50. The van der Waals surface area contributed by atoms with Gasteiger partial charge in [-0.3, -0.25) is 0 Å². The molecule has 1 aromatic carbocycles. The first-order valence-corrected chi connectivity index (χ1v) is 6.50. The maximum atomic E-state index is 6.04. The third-order valence-corrected chi connectivity index (χ3v) is 3.99. The molecular weight excluding hydrogens is 226 g/mol. The molecule has 0 heterocycles. The monoisotopic (exact) mass is 248 g/mol. The topological polar surface area (TPSA) is 44.5 Å². The van der Waals surface area contributed by atoms with Crippen molar-refractivity contribution in [2.24, 2.45) is 5.73 Å². The van der Waals surface area contributed by atoms with Crippen molar-refractivity contribution in [3.63, 3.8) is 0 Å². The Morgan fingerprint density at radius 2 is 2.00 bits per heavy atom. The molecule has 1 atom stereocenters. The Morgan fingerprint density at radius 3 is 2.56 bits per heavy atom. The van der Waals surface area contributed by atoms with Gasteiger partial charge >= 0.3 is 0 Å². The Bertz CT molecular complexity index is 397. The van der Waals surface area contributed by atoms with Gasteiger partial charge in [0.1, 0.15) is 0 Å². The van der Waals surface area contributed by atoms with E-state index in [1.807, 2.05) is 6.07 Å². The van der Waals surface area contributed by atoms with Crippen LogP contribution in [0.4, 0.5) is 0 Å². The second-order valence-corrected chi connectivity index (χ2v) is 4.94. The zero-order chi connectivity index (χ0) is 13.0. The van der Waals surface area contributed by atoms with E-state index in [4.69, 9.17) is 15.2 Å². The molecule has 1 aliphatic carbocycles. The van der Waals surface area contributed by atoms with Gasteiger partial charge in [-0.1, -0.05) is 18.9 Å². The number of rotatable bonds is 4. The molecule has 1 aliphatic rings. The maximum Gasteiger partial charge on any atom is 0.161 e. The van der Waals surface area contributed by atoms with Crippen LogP contribution in [0.25, 0.3) is 0 Å². The Labute approximate surface area is 109 Å². The summed E-state index contributed by atoms with van der Waals surface area (Å²) in [5.41, 5.74) is 7.38. The molecule has 0 amide bonds. The summed E-state index contributed by atoms with van der Waals surface area (Å²) in [6, 6.07) is 6.17. The summed E-state index contributed by atoms with van der Waals surface area (Å²) in [6.45, 7) is 0.680. The first-order chi connectivity index (χ1) is 8.75. The van der Waals surface area contributed by atoms with Crippen molar-refractivity contribution in [1.29, 1.82) is 0 Å². The summed E-state index contributed by atoms with van der Waals surface area (Å²) >= 11 is 0. The molecule has 99 valence electrons. The number of methoxy groups -OCH3 is 2. The third kappa shape index (κ3) is 2.32. The Morgan fingerprint density at radius 1 is 1.22 bits per heavy atom. The van der Waals surface area contributed by atoms with Gasteiger partial charge in [0.05, 0.1) is 14.2 Å². The minimum absolute atomic E-state index is 0.0812. The lowest BCUT2D eigenvalue weighted by Gasteiger charge is -2.37. The number of hydrogen-bond acceptors (Lipinski definition) is 3. The second-order valence-electron chi connectivity index (χ2n) is 4.94. The van der Waals surface area contributed by atoms with Gasteiger partial charge in [-0.15, -0.1) is 0 Å². The van der Waals surface area contributed by atoms with Crippen LogP contribution in [0.5, 0.6) is 11.5 Å². The van der Waals surface area contributed by atoms with Crippen molar-refractivity contribution in [3.8, 4) is 11.5 Å². The summed E-state index contributed by atoms with van der Waals surface area (Å²) in [5, 5.41) is 0. The van der Waals surface area contributed by atoms with Gasteiger partial charge < -0.3 is 15.2 Å². The van der Waals surface area contributed by atoms with Crippen LogP contribution in [-0.4, -0.2) is 20.8 Å². The minimum Gasteiger partial charge on any atom is -0.493 e. The molecule has 2 N–H and O–H groups in total. The minimum atomic E-state index is 0.0812. The van der Waals surface area contributed by atoms with Crippen LogP contribution in [0.3, 0.4) is 0 Å². The summed E-state index contributed by atoms with van der Waals surface area (Å²) in [4.78, 5) is 0. The van der Waals surface area contributed by atoms with E-state index in [0.717, 1.165) is 24.3 Å². The van der Waals surface area contributed by atoms with Crippen molar-refractivity contribution in [1.82, 2.24) is 0 Å². The normalized spacial score (nSPS) is 18.4. The predicted octanol–water partition coefficient (Wildman–Crippen LogP) is 2.68. The van der Waals surface area contributed by atoms with E-state index in [1.54, 1.807) is 14.2 Å². The van der Waals surface area contributed by atoms with Crippen LogP contribution in [-0.2, 0) is 5.41 Å². The van der Waals surface area contributed by atoms with Gasteiger partial charge in [0, 0.05) is 12.0 Å². The van der Waals surface area contributed by atoms with E-state index in [0.29, 0.717) is 6.54 Å².